The first-order valence-corrected chi connectivity index (χ1v) is 3.48. The van der Waals surface area contributed by atoms with E-state index in [1.54, 1.807) is 0 Å². The van der Waals surface area contributed by atoms with Gasteiger partial charge in [-0.2, -0.15) is 0 Å². The van der Waals surface area contributed by atoms with Crippen molar-refractivity contribution in [1.82, 2.24) is 0 Å². The third-order valence-electron chi connectivity index (χ3n) is 2.09. The zero-order valence-electron chi connectivity index (χ0n) is 5.36. The van der Waals surface area contributed by atoms with E-state index in [1.165, 1.54) is 0 Å². The summed E-state index contributed by atoms with van der Waals surface area (Å²) >= 11 is 0. The van der Waals surface area contributed by atoms with E-state index in [0.717, 1.165) is 25.7 Å². The molecule has 0 heterocycles. The van der Waals surface area contributed by atoms with E-state index >= 15 is 0 Å². The number of hydrogen-bond acceptors (Lipinski definition) is 0. The van der Waals surface area contributed by atoms with Crippen LogP contribution in [0.3, 0.4) is 0 Å². The Morgan fingerprint density at radius 2 is 2.25 bits per heavy atom. The van der Waals surface area contributed by atoms with Gasteiger partial charge in [0, 0.05) is 0 Å². The van der Waals surface area contributed by atoms with E-state index < -0.39 is 6.17 Å². The third kappa shape index (κ3) is 1.01. The minimum atomic E-state index is -0.472. The molecule has 1 aliphatic rings. The zero-order chi connectivity index (χ0) is 5.98. The van der Waals surface area contributed by atoms with Crippen LogP contribution in [0.4, 0.5) is 4.39 Å². The Morgan fingerprint density at radius 1 is 1.50 bits per heavy atom. The van der Waals surface area contributed by atoms with Gasteiger partial charge in [0.2, 0.25) is 0 Å². The van der Waals surface area contributed by atoms with Crippen molar-refractivity contribution in [1.29, 1.82) is 0 Å². The Morgan fingerprint density at radius 3 is 2.50 bits per heavy atom. The molecule has 1 aliphatic carbocycles. The number of halogens is 1. The first kappa shape index (κ1) is 6.06. The van der Waals surface area contributed by atoms with E-state index in [9.17, 15) is 4.39 Å². The Kier molecular flexibility index (Phi) is 1.87. The van der Waals surface area contributed by atoms with E-state index in [1.807, 2.05) is 0 Å². The number of rotatable bonds is 1. The Balaban J connectivity index is 2.30. The molecular weight excluding hydrogens is 103 g/mol. The topological polar surface area (TPSA) is 0 Å². The van der Waals surface area contributed by atoms with Crippen molar-refractivity contribution in [3.05, 3.63) is 0 Å². The lowest BCUT2D eigenvalue weighted by molar-refractivity contribution is 0.258. The van der Waals surface area contributed by atoms with Gasteiger partial charge in [-0.3, -0.25) is 0 Å². The molecule has 0 saturated heterocycles. The van der Waals surface area contributed by atoms with Crippen LogP contribution in [0.15, 0.2) is 0 Å². The van der Waals surface area contributed by atoms with Gasteiger partial charge in [-0.15, -0.1) is 0 Å². The molecule has 0 nitrogen and oxygen atoms in total. The first-order chi connectivity index (χ1) is 3.84. The monoisotopic (exact) mass is 116 g/mol. The minimum Gasteiger partial charge on any atom is -0.247 e. The fraction of sp³-hybridized carbons (Fsp3) is 1.00. The van der Waals surface area contributed by atoms with Crippen molar-refractivity contribution in [2.24, 2.45) is 5.92 Å². The molecule has 0 aromatic heterocycles. The summed E-state index contributed by atoms with van der Waals surface area (Å²) in [5.41, 5.74) is 0. The lowest BCUT2D eigenvalue weighted by atomic mass is 10.0. The quantitative estimate of drug-likeness (QED) is 0.494. The summed E-state index contributed by atoms with van der Waals surface area (Å²) in [5.74, 6) is 0.398. The Labute approximate surface area is 50.1 Å². The highest BCUT2D eigenvalue weighted by atomic mass is 19.1. The maximum absolute atomic E-state index is 12.6. The van der Waals surface area contributed by atoms with Gasteiger partial charge in [-0.05, 0) is 18.8 Å². The Hall–Kier alpha value is -0.0700. The molecule has 1 saturated carbocycles. The van der Waals surface area contributed by atoms with E-state index in [-0.39, 0.29) is 0 Å². The summed E-state index contributed by atoms with van der Waals surface area (Å²) in [6, 6.07) is 0. The van der Waals surface area contributed by atoms with Crippen LogP contribution in [0.2, 0.25) is 0 Å². The average molecular weight is 116 g/mol. The molecule has 0 spiro atoms. The highest BCUT2D eigenvalue weighted by Crippen LogP contribution is 2.30. The van der Waals surface area contributed by atoms with Crippen molar-refractivity contribution < 1.29 is 4.39 Å². The van der Waals surface area contributed by atoms with E-state index in [4.69, 9.17) is 0 Å². The van der Waals surface area contributed by atoms with Gasteiger partial charge in [0.05, 0.1) is 0 Å². The smallest absolute Gasteiger partial charge is 0.103 e. The molecule has 0 bridgehead atoms. The average Bonchev–Trinajstić information content (AvgIpc) is 2.14. The van der Waals surface area contributed by atoms with Crippen LogP contribution in [-0.4, -0.2) is 6.17 Å². The van der Waals surface area contributed by atoms with Crippen LogP contribution in [0.5, 0.6) is 0 Å². The fourth-order valence-corrected chi connectivity index (χ4v) is 1.45. The van der Waals surface area contributed by atoms with Crippen LogP contribution in [0.25, 0.3) is 0 Å². The fourth-order valence-electron chi connectivity index (χ4n) is 1.45. The summed E-state index contributed by atoms with van der Waals surface area (Å²) in [7, 11) is 0. The van der Waals surface area contributed by atoms with Crippen LogP contribution in [-0.2, 0) is 0 Å². The molecular formula is C7H13F. The molecule has 0 N–H and O–H groups in total. The number of alkyl halides is 1. The zero-order valence-corrected chi connectivity index (χ0v) is 5.36. The van der Waals surface area contributed by atoms with E-state index in [0.29, 0.717) is 5.92 Å². The molecule has 0 radical (unpaired) electrons. The van der Waals surface area contributed by atoms with Gasteiger partial charge in [0.1, 0.15) is 6.17 Å². The molecule has 1 rings (SSSR count). The van der Waals surface area contributed by atoms with Gasteiger partial charge in [-0.1, -0.05) is 19.8 Å². The molecule has 0 aliphatic heterocycles. The van der Waals surface area contributed by atoms with Crippen LogP contribution >= 0.6 is 0 Å². The van der Waals surface area contributed by atoms with Gasteiger partial charge < -0.3 is 0 Å². The SMILES string of the molecule is CC[C@@H]1CCC[C@@H]1F. The first-order valence-electron chi connectivity index (χ1n) is 3.48. The maximum atomic E-state index is 12.6. The molecule has 8 heavy (non-hydrogen) atoms. The largest absolute Gasteiger partial charge is 0.247 e. The van der Waals surface area contributed by atoms with Gasteiger partial charge in [-0.25, -0.2) is 4.39 Å². The molecule has 48 valence electrons. The van der Waals surface area contributed by atoms with Crippen LogP contribution in [0, 0.1) is 5.92 Å². The predicted octanol–water partition coefficient (Wildman–Crippen LogP) is 2.53. The van der Waals surface area contributed by atoms with Crippen molar-refractivity contribution in [3.63, 3.8) is 0 Å². The second kappa shape index (κ2) is 2.47. The van der Waals surface area contributed by atoms with Crippen molar-refractivity contribution in [2.45, 2.75) is 38.8 Å². The van der Waals surface area contributed by atoms with E-state index in [2.05, 4.69) is 6.92 Å². The molecule has 1 fully saturated rings. The highest BCUT2D eigenvalue weighted by Gasteiger charge is 2.24. The maximum Gasteiger partial charge on any atom is 0.103 e. The summed E-state index contributed by atoms with van der Waals surface area (Å²) in [4.78, 5) is 0. The summed E-state index contributed by atoms with van der Waals surface area (Å²) in [5, 5.41) is 0. The normalized spacial score (nSPS) is 38.2. The highest BCUT2D eigenvalue weighted by molar-refractivity contribution is 4.75. The van der Waals surface area contributed by atoms with Crippen molar-refractivity contribution >= 4 is 0 Å². The second-order valence-electron chi connectivity index (χ2n) is 2.62. The standard InChI is InChI=1S/C7H13F/c1-2-6-4-3-5-7(6)8/h6-7H,2-5H2,1H3/t6-,7+/m1/s1. The lowest BCUT2D eigenvalue weighted by Gasteiger charge is -2.06. The minimum absolute atomic E-state index is 0.398. The number of hydrogen-bond donors (Lipinski definition) is 0. The second-order valence-corrected chi connectivity index (χ2v) is 2.62. The van der Waals surface area contributed by atoms with Crippen molar-refractivity contribution in [3.8, 4) is 0 Å². The van der Waals surface area contributed by atoms with Gasteiger partial charge >= 0.3 is 0 Å². The van der Waals surface area contributed by atoms with Crippen molar-refractivity contribution in [2.75, 3.05) is 0 Å². The summed E-state index contributed by atoms with van der Waals surface area (Å²) < 4.78 is 12.6. The summed E-state index contributed by atoms with van der Waals surface area (Å²) in [6.45, 7) is 2.07. The molecule has 0 aromatic carbocycles. The van der Waals surface area contributed by atoms with Crippen LogP contribution < -0.4 is 0 Å². The summed E-state index contributed by atoms with van der Waals surface area (Å²) in [6.07, 6.45) is 3.61. The third-order valence-corrected chi connectivity index (χ3v) is 2.09. The molecule has 1 heteroatoms. The lowest BCUT2D eigenvalue weighted by Crippen LogP contribution is -2.05. The molecule has 0 amide bonds. The molecule has 0 unspecified atom stereocenters. The predicted molar refractivity (Wildman–Crippen MR) is 32.5 cm³/mol. The van der Waals surface area contributed by atoms with Crippen LogP contribution in [0.1, 0.15) is 32.6 Å². The van der Waals surface area contributed by atoms with Gasteiger partial charge in [0.25, 0.3) is 0 Å². The molecule has 0 aromatic rings. The molecule has 2 atom stereocenters. The van der Waals surface area contributed by atoms with Gasteiger partial charge in [0.15, 0.2) is 0 Å². The Bertz CT molecular complexity index is 70.8.